The lowest BCUT2D eigenvalue weighted by molar-refractivity contribution is 0.597. The molecule has 0 aliphatic heterocycles. The zero-order chi connectivity index (χ0) is 5.91. The van der Waals surface area contributed by atoms with Crippen LogP contribution in [0.3, 0.4) is 0 Å². The Morgan fingerprint density at radius 3 is 2.14 bits per heavy atom. The van der Waals surface area contributed by atoms with Crippen LogP contribution in [0.5, 0.6) is 0 Å². The monoisotopic (exact) mass is 120 g/mol. The molecular formula is C2H4N2O2S. The van der Waals surface area contributed by atoms with Crippen LogP contribution in [0, 0.1) is 11.5 Å². The fourth-order valence-electron chi connectivity index (χ4n) is 0.0829. The van der Waals surface area contributed by atoms with Crippen LogP contribution in [0.15, 0.2) is 0 Å². The molecule has 0 spiro atoms. The average molecular weight is 120 g/mol. The Labute approximate surface area is 41.8 Å². The van der Waals surface area contributed by atoms with Gasteiger partial charge in [-0.3, -0.25) is 0 Å². The number of nitrogens with zero attached hydrogens (tertiary/aromatic N) is 1. The maximum atomic E-state index is 9.90. The Kier molecular flexibility index (Phi) is 1.60. The summed E-state index contributed by atoms with van der Waals surface area (Å²) in [6.07, 6.45) is 2.18. The Morgan fingerprint density at radius 2 is 2.14 bits per heavy atom. The first-order valence-electron chi connectivity index (χ1n) is 1.42. The third-order valence-corrected chi connectivity index (χ3v) is 0.693. The van der Waals surface area contributed by atoms with Gasteiger partial charge in [0.25, 0.3) is 0 Å². The summed E-state index contributed by atoms with van der Waals surface area (Å²) >= 11 is 0. The number of sulfonamides is 1. The van der Waals surface area contributed by atoms with E-state index in [2.05, 4.69) is 0 Å². The first kappa shape index (κ1) is 6.24. The summed E-state index contributed by atoms with van der Waals surface area (Å²) in [5.41, 5.74) is 0. The zero-order valence-corrected chi connectivity index (χ0v) is 4.49. The van der Waals surface area contributed by atoms with Crippen molar-refractivity contribution in [1.29, 1.82) is 5.26 Å². The van der Waals surface area contributed by atoms with Gasteiger partial charge in [-0.2, -0.15) is 5.26 Å². The molecule has 0 aliphatic rings. The van der Waals surface area contributed by atoms with Crippen LogP contribution in [0.2, 0.25) is 0 Å². The Hall–Kier alpha value is -0.760. The first-order chi connectivity index (χ1) is 3.06. The molecular weight excluding hydrogens is 116 g/mol. The minimum Gasteiger partial charge on any atom is -0.220 e. The molecule has 0 aromatic heterocycles. The van der Waals surface area contributed by atoms with Crippen molar-refractivity contribution in [2.45, 2.75) is 0 Å². The van der Waals surface area contributed by atoms with E-state index in [9.17, 15) is 8.42 Å². The quantitative estimate of drug-likeness (QED) is 0.357. The summed E-state index contributed by atoms with van der Waals surface area (Å²) in [6, 6.07) is 0. The lowest BCUT2D eigenvalue weighted by Gasteiger charge is -1.84. The number of nitriles is 1. The standard InChI is InChI=1S/C2H4N2O2S/c1-7(5,6)4-2-3/h4H,1H3. The average Bonchev–Trinajstić information content (AvgIpc) is 1.30. The molecule has 0 radical (unpaired) electrons. The molecule has 0 fully saturated rings. The van der Waals surface area contributed by atoms with E-state index in [1.165, 1.54) is 6.19 Å². The summed E-state index contributed by atoms with van der Waals surface area (Å²) in [6.45, 7) is 0. The third kappa shape index (κ3) is 5.24. The Morgan fingerprint density at radius 1 is 1.71 bits per heavy atom. The molecule has 0 aliphatic carbocycles. The van der Waals surface area contributed by atoms with Gasteiger partial charge in [0.1, 0.15) is 0 Å². The van der Waals surface area contributed by atoms with Gasteiger partial charge in [0, 0.05) is 0 Å². The SMILES string of the molecule is CS(=O)(=O)NC#N. The van der Waals surface area contributed by atoms with Gasteiger partial charge in [-0.25, -0.2) is 13.1 Å². The summed E-state index contributed by atoms with van der Waals surface area (Å²) in [4.78, 5) is 0. The molecule has 0 unspecified atom stereocenters. The number of rotatable bonds is 1. The lowest BCUT2D eigenvalue weighted by atomic mass is 11.5. The molecule has 1 N–H and O–H groups in total. The van der Waals surface area contributed by atoms with Crippen molar-refractivity contribution in [2.24, 2.45) is 0 Å². The molecule has 4 nitrogen and oxygen atoms in total. The van der Waals surface area contributed by atoms with Crippen LogP contribution in [0.4, 0.5) is 0 Å². The number of nitrogens with one attached hydrogen (secondary N) is 1. The molecule has 5 heteroatoms. The van der Waals surface area contributed by atoms with Crippen molar-refractivity contribution in [3.8, 4) is 6.19 Å². The maximum Gasteiger partial charge on any atom is 0.237 e. The second-order valence-corrected chi connectivity index (χ2v) is 2.73. The highest BCUT2D eigenvalue weighted by Crippen LogP contribution is 1.65. The predicted molar refractivity (Wildman–Crippen MR) is 23.6 cm³/mol. The molecule has 0 bridgehead atoms. The Balaban J connectivity index is 3.92. The fourth-order valence-corrected chi connectivity index (χ4v) is 0.249. The molecule has 0 saturated heterocycles. The summed E-state index contributed by atoms with van der Waals surface area (Å²) in [5.74, 6) is 0. The lowest BCUT2D eigenvalue weighted by Crippen LogP contribution is -2.14. The van der Waals surface area contributed by atoms with Gasteiger partial charge in [-0.05, 0) is 0 Å². The van der Waals surface area contributed by atoms with E-state index in [4.69, 9.17) is 5.26 Å². The molecule has 0 aromatic rings. The molecule has 0 aromatic carbocycles. The molecule has 7 heavy (non-hydrogen) atoms. The topological polar surface area (TPSA) is 70.0 Å². The van der Waals surface area contributed by atoms with Crippen molar-refractivity contribution in [3.05, 3.63) is 0 Å². The molecule has 40 valence electrons. The van der Waals surface area contributed by atoms with Crippen molar-refractivity contribution < 1.29 is 8.42 Å². The van der Waals surface area contributed by atoms with Crippen molar-refractivity contribution in [1.82, 2.24) is 4.72 Å². The van der Waals surface area contributed by atoms with Crippen molar-refractivity contribution >= 4 is 10.0 Å². The first-order valence-corrected chi connectivity index (χ1v) is 3.31. The Bertz CT molecular complexity index is 174. The summed E-state index contributed by atoms with van der Waals surface area (Å²) in [7, 11) is -3.29. The highest BCUT2D eigenvalue weighted by atomic mass is 32.2. The van der Waals surface area contributed by atoms with Crippen molar-refractivity contribution in [3.63, 3.8) is 0 Å². The van der Waals surface area contributed by atoms with Gasteiger partial charge < -0.3 is 0 Å². The van der Waals surface area contributed by atoms with Crippen LogP contribution in [0.1, 0.15) is 0 Å². The maximum absolute atomic E-state index is 9.90. The van der Waals surface area contributed by atoms with Gasteiger partial charge >= 0.3 is 0 Å². The van der Waals surface area contributed by atoms with E-state index in [1.54, 1.807) is 4.72 Å². The van der Waals surface area contributed by atoms with Gasteiger partial charge in [0.15, 0.2) is 6.19 Å². The minimum atomic E-state index is -3.29. The predicted octanol–water partition coefficient (Wildman–Crippen LogP) is -0.983. The third-order valence-electron chi connectivity index (χ3n) is 0.231. The van der Waals surface area contributed by atoms with Gasteiger partial charge in [0.2, 0.25) is 10.0 Å². The van der Waals surface area contributed by atoms with E-state index in [-0.39, 0.29) is 0 Å². The number of hydrogen-bond acceptors (Lipinski definition) is 3. The van der Waals surface area contributed by atoms with Crippen LogP contribution >= 0.6 is 0 Å². The highest BCUT2D eigenvalue weighted by Gasteiger charge is 1.92. The van der Waals surface area contributed by atoms with Crippen LogP contribution < -0.4 is 4.72 Å². The van der Waals surface area contributed by atoms with E-state index >= 15 is 0 Å². The van der Waals surface area contributed by atoms with E-state index in [0.29, 0.717) is 0 Å². The van der Waals surface area contributed by atoms with Gasteiger partial charge in [-0.1, -0.05) is 0 Å². The normalized spacial score (nSPS) is 9.71. The molecule has 0 rings (SSSR count). The van der Waals surface area contributed by atoms with Gasteiger partial charge in [0.05, 0.1) is 6.26 Å². The van der Waals surface area contributed by atoms with Crippen LogP contribution in [-0.4, -0.2) is 14.7 Å². The number of hydrogen-bond donors (Lipinski definition) is 1. The van der Waals surface area contributed by atoms with E-state index in [0.717, 1.165) is 6.26 Å². The summed E-state index contributed by atoms with van der Waals surface area (Å²) < 4.78 is 21.4. The van der Waals surface area contributed by atoms with Crippen molar-refractivity contribution in [2.75, 3.05) is 6.26 Å². The minimum absolute atomic E-state index is 0.913. The van der Waals surface area contributed by atoms with E-state index in [1.807, 2.05) is 0 Å². The van der Waals surface area contributed by atoms with Crippen LogP contribution in [-0.2, 0) is 10.0 Å². The van der Waals surface area contributed by atoms with E-state index < -0.39 is 10.0 Å². The second-order valence-electron chi connectivity index (χ2n) is 0.986. The van der Waals surface area contributed by atoms with Gasteiger partial charge in [-0.15, -0.1) is 0 Å². The highest BCUT2D eigenvalue weighted by molar-refractivity contribution is 7.88. The smallest absolute Gasteiger partial charge is 0.220 e. The van der Waals surface area contributed by atoms with Crippen LogP contribution in [0.25, 0.3) is 0 Å². The molecule has 0 atom stereocenters. The largest absolute Gasteiger partial charge is 0.237 e. The summed E-state index contributed by atoms with van der Waals surface area (Å²) in [5, 5.41) is 7.66. The molecule has 0 heterocycles. The fraction of sp³-hybridized carbons (Fsp3) is 0.500. The second kappa shape index (κ2) is 1.80. The molecule has 0 amide bonds. The zero-order valence-electron chi connectivity index (χ0n) is 3.67. The molecule has 0 saturated carbocycles.